The molecule has 0 saturated carbocycles. The lowest BCUT2D eigenvalue weighted by atomic mass is 9.82. The van der Waals surface area contributed by atoms with E-state index in [0.29, 0.717) is 23.6 Å². The van der Waals surface area contributed by atoms with Crippen LogP contribution in [0.4, 0.5) is 10.5 Å². The number of alkyl carbamates (subject to hydrolysis) is 1. The van der Waals surface area contributed by atoms with Gasteiger partial charge in [0.25, 0.3) is 0 Å². The third kappa shape index (κ3) is 9.49. The monoisotopic (exact) mass is 749 g/mol. The number of aliphatic hydroxyl groups is 1. The number of ether oxygens (including phenoxy) is 3. The van der Waals surface area contributed by atoms with Crippen LogP contribution in [-0.4, -0.2) is 108 Å². The Hall–Kier alpha value is -3.06. The van der Waals surface area contributed by atoms with Gasteiger partial charge in [0, 0.05) is 38.8 Å². The predicted molar refractivity (Wildman–Crippen MR) is 202 cm³/mol. The molecule has 284 valence electrons. The number of amides is 3. The molecule has 3 heterocycles. The quantitative estimate of drug-likeness (QED) is 0.287. The molecule has 3 amide bonds. The van der Waals surface area contributed by atoms with Gasteiger partial charge >= 0.3 is 12.1 Å². The summed E-state index contributed by atoms with van der Waals surface area (Å²) in [6.07, 6.45) is 9.64. The smallest absolute Gasteiger partial charge is 0.409 e. The molecule has 11 nitrogen and oxygen atoms in total. The molecule has 8 atom stereocenters. The minimum Gasteiger partial charge on any atom is -0.457 e. The van der Waals surface area contributed by atoms with Crippen molar-refractivity contribution in [3.63, 3.8) is 0 Å². The van der Waals surface area contributed by atoms with Gasteiger partial charge < -0.3 is 29.1 Å². The highest BCUT2D eigenvalue weighted by molar-refractivity contribution is 8.32. The van der Waals surface area contributed by atoms with Crippen LogP contribution < -0.4 is 10.2 Å². The Labute approximate surface area is 309 Å². The zero-order valence-electron chi connectivity index (χ0n) is 31.9. The molecule has 1 aromatic rings. The van der Waals surface area contributed by atoms with Crippen LogP contribution in [0.15, 0.2) is 35.9 Å². The largest absolute Gasteiger partial charge is 0.457 e. The van der Waals surface area contributed by atoms with Crippen LogP contribution in [-0.2, 0) is 35.0 Å². The average molecular weight is 750 g/mol. The number of aryl methyl sites for hydroxylation is 1. The molecule has 8 unspecified atom stereocenters. The maximum absolute atomic E-state index is 14.1. The van der Waals surface area contributed by atoms with Gasteiger partial charge in [0.05, 0.1) is 23.2 Å². The van der Waals surface area contributed by atoms with Gasteiger partial charge in [-0.25, -0.2) is 19.6 Å². The number of epoxide rings is 1. The van der Waals surface area contributed by atoms with E-state index in [1.807, 2.05) is 58.1 Å². The number of halogens is 1. The number of allylic oxidation sites excluding steroid dienone is 3. The number of fused-ring (bicyclic) bond motifs is 5. The van der Waals surface area contributed by atoms with E-state index in [9.17, 15) is 24.3 Å². The van der Waals surface area contributed by atoms with Crippen molar-refractivity contribution < 1.29 is 38.5 Å². The number of likely N-dealkylation sites (N-methyl/N-ethyl adjacent to an activating group) is 1. The van der Waals surface area contributed by atoms with Crippen LogP contribution in [0.5, 0.6) is 0 Å². The SMILES string of the molecule is C/C1=C\C=C\C(C)C2(O)CC(OC(=O)N2)C(C)C2OC2(C)C(OC(=O)C(C)N(C)C(=O)CCS(C)(C)C)CC(=O)N(C)c2cc(cc(C)c2Cl)C1. The predicted octanol–water partition coefficient (Wildman–Crippen LogP) is 5.52. The van der Waals surface area contributed by atoms with Crippen molar-refractivity contribution in [3.05, 3.63) is 52.1 Å². The second-order valence-corrected chi connectivity index (χ2v) is 20.7. The Bertz CT molecular complexity index is 1590. The van der Waals surface area contributed by atoms with E-state index in [1.54, 1.807) is 27.9 Å². The summed E-state index contributed by atoms with van der Waals surface area (Å²) in [5, 5.41) is 14.7. The zero-order valence-corrected chi connectivity index (χ0v) is 33.4. The maximum Gasteiger partial charge on any atom is 0.409 e. The van der Waals surface area contributed by atoms with Crippen LogP contribution in [0.2, 0.25) is 5.02 Å². The molecule has 2 fully saturated rings. The van der Waals surface area contributed by atoms with Crippen LogP contribution >= 0.6 is 21.6 Å². The second kappa shape index (κ2) is 15.5. The first-order valence-electron chi connectivity index (χ1n) is 17.5. The number of esters is 1. The first-order chi connectivity index (χ1) is 23.6. The number of nitrogens with zero attached hydrogens (tertiary/aromatic N) is 2. The molecule has 0 radical (unpaired) electrons. The first-order valence-corrected chi connectivity index (χ1v) is 20.9. The molecule has 3 aliphatic heterocycles. The van der Waals surface area contributed by atoms with E-state index in [4.69, 9.17) is 25.8 Å². The Morgan fingerprint density at radius 1 is 1.22 bits per heavy atom. The van der Waals surface area contributed by atoms with E-state index in [0.717, 1.165) is 22.5 Å². The average Bonchev–Trinajstić information content (AvgIpc) is 3.74. The molecule has 0 spiro atoms. The van der Waals surface area contributed by atoms with Gasteiger partial charge in [-0.15, -0.1) is 0 Å². The van der Waals surface area contributed by atoms with Gasteiger partial charge in [-0.05, 0) is 75.8 Å². The molecular weight excluding hydrogens is 694 g/mol. The van der Waals surface area contributed by atoms with Crippen LogP contribution in [0.3, 0.4) is 0 Å². The second-order valence-electron chi connectivity index (χ2n) is 15.7. The number of benzene rings is 1. The van der Waals surface area contributed by atoms with Crippen molar-refractivity contribution >= 4 is 51.2 Å². The van der Waals surface area contributed by atoms with E-state index >= 15 is 0 Å². The van der Waals surface area contributed by atoms with Crippen LogP contribution in [0, 0.1) is 18.8 Å². The molecule has 4 bridgehead atoms. The zero-order chi connectivity index (χ0) is 38.2. The van der Waals surface area contributed by atoms with Crippen molar-refractivity contribution in [2.75, 3.05) is 43.5 Å². The molecule has 0 aliphatic carbocycles. The minimum atomic E-state index is -1.59. The molecule has 4 rings (SSSR count). The van der Waals surface area contributed by atoms with Gasteiger partial charge in [-0.1, -0.05) is 55.3 Å². The summed E-state index contributed by atoms with van der Waals surface area (Å²) in [5.41, 5.74) is 0.575. The molecule has 51 heavy (non-hydrogen) atoms. The third-order valence-electron chi connectivity index (χ3n) is 10.6. The molecule has 3 aliphatic rings. The fourth-order valence-electron chi connectivity index (χ4n) is 6.73. The summed E-state index contributed by atoms with van der Waals surface area (Å²) in [7, 11) is 2.30. The molecule has 2 saturated heterocycles. The van der Waals surface area contributed by atoms with Crippen molar-refractivity contribution in [1.82, 2.24) is 10.2 Å². The number of hydrogen-bond donors (Lipinski definition) is 2. The number of hydrogen-bond acceptors (Lipinski definition) is 8. The van der Waals surface area contributed by atoms with E-state index < -0.39 is 69.6 Å². The highest BCUT2D eigenvalue weighted by Crippen LogP contribution is 2.49. The number of anilines is 1. The molecular formula is C38H56ClN3O8S. The summed E-state index contributed by atoms with van der Waals surface area (Å²) in [6, 6.07) is 2.94. The van der Waals surface area contributed by atoms with E-state index in [-0.39, 0.29) is 24.7 Å². The van der Waals surface area contributed by atoms with Gasteiger partial charge in [0.15, 0.2) is 0 Å². The highest BCUT2D eigenvalue weighted by Gasteiger charge is 2.64. The van der Waals surface area contributed by atoms with Crippen LogP contribution in [0.1, 0.15) is 65.0 Å². The Balaban J connectivity index is 1.71. The first kappa shape index (κ1) is 40.7. The summed E-state index contributed by atoms with van der Waals surface area (Å²) >= 11 is 6.77. The van der Waals surface area contributed by atoms with Crippen molar-refractivity contribution in [2.24, 2.45) is 11.8 Å². The number of carbonyl (C=O) groups is 4. The Morgan fingerprint density at radius 3 is 2.53 bits per heavy atom. The number of rotatable bonds is 6. The summed E-state index contributed by atoms with van der Waals surface area (Å²) in [6.45, 7) is 10.9. The molecule has 13 heteroatoms. The Kier molecular flexibility index (Phi) is 12.4. The maximum atomic E-state index is 14.1. The van der Waals surface area contributed by atoms with E-state index in [2.05, 4.69) is 24.1 Å². The summed E-state index contributed by atoms with van der Waals surface area (Å²) in [4.78, 5) is 56.5. The highest BCUT2D eigenvalue weighted by atomic mass is 35.5. The van der Waals surface area contributed by atoms with Crippen molar-refractivity contribution in [1.29, 1.82) is 0 Å². The van der Waals surface area contributed by atoms with E-state index in [1.165, 1.54) is 9.80 Å². The molecule has 2 N–H and O–H groups in total. The number of nitrogens with one attached hydrogen (secondary N) is 1. The normalized spacial score (nSPS) is 32.7. The van der Waals surface area contributed by atoms with Crippen LogP contribution in [0.25, 0.3) is 0 Å². The van der Waals surface area contributed by atoms with Gasteiger partial charge in [0.1, 0.15) is 29.6 Å². The summed E-state index contributed by atoms with van der Waals surface area (Å²) in [5.74, 6) is -1.37. The van der Waals surface area contributed by atoms with Crippen molar-refractivity contribution in [3.8, 4) is 0 Å². The topological polar surface area (TPSA) is 138 Å². The lowest BCUT2D eigenvalue weighted by Gasteiger charge is -2.41. The third-order valence-corrected chi connectivity index (χ3v) is 12.5. The van der Waals surface area contributed by atoms with Gasteiger partial charge in [-0.2, -0.15) is 0 Å². The van der Waals surface area contributed by atoms with Gasteiger partial charge in [-0.3, -0.25) is 14.9 Å². The Morgan fingerprint density at radius 2 is 1.88 bits per heavy atom. The molecule has 1 aromatic carbocycles. The minimum absolute atomic E-state index is 0.0833. The fourth-order valence-corrected chi connectivity index (χ4v) is 7.75. The standard InChI is InChI=1S/C38H56ClN3O8S/c1-22-13-12-14-24(3)38(47)21-29(48-36(46)40-38)25(4)34-37(6,50-34)30(49-35(45)26(5)41(7)31(43)15-16-51(9,10)11)20-32(44)42(8)28-19-27(17-22)18-23(2)33(28)39/h12-14,18-19,24-26,29-30,34,47H,15-17,20-21H2,1-11H3,(H,40,46)/b14-12+,22-13+. The lowest BCUT2D eigenvalue weighted by molar-refractivity contribution is -0.161. The number of carbonyl (C=O) groups excluding carboxylic acids is 4. The van der Waals surface area contributed by atoms with Gasteiger partial charge in [0.2, 0.25) is 11.8 Å². The fraction of sp³-hybridized carbons (Fsp3) is 0.632. The molecule has 0 aromatic heterocycles. The summed E-state index contributed by atoms with van der Waals surface area (Å²) < 4.78 is 18.1. The lowest BCUT2D eigenvalue weighted by Crippen LogP contribution is -2.60. The van der Waals surface area contributed by atoms with Crippen molar-refractivity contribution in [2.45, 2.75) is 103 Å².